The molecule has 1 atom stereocenters. The van der Waals surface area contributed by atoms with Crippen LogP contribution in [0.15, 0.2) is 91.0 Å². The van der Waals surface area contributed by atoms with Gasteiger partial charge in [0.15, 0.2) is 0 Å². The topological polar surface area (TPSA) is 9.23 Å². The molecule has 1 radical (unpaired) electrons. The van der Waals surface area contributed by atoms with Gasteiger partial charge < -0.3 is 4.43 Å². The summed E-state index contributed by atoms with van der Waals surface area (Å²) in [6.07, 6.45) is 0.0792. The molecule has 0 fully saturated rings. The highest BCUT2D eigenvalue weighted by atomic mass is 28.3. The molecule has 0 N–H and O–H groups in total. The quantitative estimate of drug-likeness (QED) is 0.655. The van der Waals surface area contributed by atoms with Gasteiger partial charge in [0.05, 0.1) is 6.10 Å². The van der Waals surface area contributed by atoms with E-state index in [1.807, 2.05) is 6.07 Å². The Kier molecular flexibility index (Phi) is 4.84. The third-order valence-electron chi connectivity index (χ3n) is 3.64. The summed E-state index contributed by atoms with van der Waals surface area (Å²) < 4.78 is 6.51. The first-order valence-electron chi connectivity index (χ1n) is 7.54. The monoisotopic (exact) mass is 303 g/mol. The predicted octanol–water partition coefficient (Wildman–Crippen LogP) is 3.57. The minimum Gasteiger partial charge on any atom is -0.400 e. The summed E-state index contributed by atoms with van der Waals surface area (Å²) in [6.45, 7) is 2.13. The van der Waals surface area contributed by atoms with Crippen LogP contribution in [0.25, 0.3) is 0 Å². The molecule has 0 bridgehead atoms. The third-order valence-corrected chi connectivity index (χ3v) is 5.94. The number of hydrogen-bond donors (Lipinski definition) is 0. The molecule has 109 valence electrons. The summed E-state index contributed by atoms with van der Waals surface area (Å²) in [4.78, 5) is 0. The predicted molar refractivity (Wildman–Crippen MR) is 93.8 cm³/mol. The molecule has 3 aromatic rings. The van der Waals surface area contributed by atoms with E-state index < -0.39 is 9.04 Å². The molecule has 0 aliphatic rings. The summed E-state index contributed by atoms with van der Waals surface area (Å²) >= 11 is 0. The van der Waals surface area contributed by atoms with Crippen LogP contribution in [0.3, 0.4) is 0 Å². The Bertz CT molecular complexity index is 643. The van der Waals surface area contributed by atoms with Crippen LogP contribution in [0.4, 0.5) is 0 Å². The standard InChI is InChI=1S/C20H19OSi/c1-17(18-11-5-2-6-12-18)21-22(19-13-7-3-8-14-19)20-15-9-4-10-16-20/h2-17H,1H3. The van der Waals surface area contributed by atoms with Crippen molar-refractivity contribution in [1.82, 2.24) is 0 Å². The number of rotatable bonds is 5. The average molecular weight is 303 g/mol. The molecule has 0 aliphatic carbocycles. The van der Waals surface area contributed by atoms with E-state index in [1.165, 1.54) is 15.9 Å². The van der Waals surface area contributed by atoms with Crippen LogP contribution >= 0.6 is 0 Å². The molecule has 22 heavy (non-hydrogen) atoms. The van der Waals surface area contributed by atoms with Crippen molar-refractivity contribution in [3.05, 3.63) is 96.6 Å². The summed E-state index contributed by atoms with van der Waals surface area (Å²) in [5, 5.41) is 2.56. The van der Waals surface area contributed by atoms with Crippen LogP contribution in [0.2, 0.25) is 0 Å². The van der Waals surface area contributed by atoms with E-state index in [1.54, 1.807) is 0 Å². The molecule has 1 nitrogen and oxygen atoms in total. The minimum atomic E-state index is -1.25. The van der Waals surface area contributed by atoms with Crippen molar-refractivity contribution in [1.29, 1.82) is 0 Å². The van der Waals surface area contributed by atoms with Crippen LogP contribution < -0.4 is 10.4 Å². The second kappa shape index (κ2) is 7.21. The van der Waals surface area contributed by atoms with E-state index in [0.717, 1.165) is 0 Å². The lowest BCUT2D eigenvalue weighted by atomic mass is 10.1. The minimum absolute atomic E-state index is 0.0792. The van der Waals surface area contributed by atoms with Gasteiger partial charge in [0.25, 0.3) is 9.04 Å². The molecule has 0 heterocycles. The highest BCUT2D eigenvalue weighted by molar-refractivity contribution is 6.80. The maximum absolute atomic E-state index is 6.51. The van der Waals surface area contributed by atoms with Gasteiger partial charge in [0, 0.05) is 0 Å². The molecule has 3 aromatic carbocycles. The SMILES string of the molecule is CC(O[Si](c1ccccc1)c1ccccc1)c1ccccc1. The molecule has 0 saturated heterocycles. The molecular weight excluding hydrogens is 284 g/mol. The fraction of sp³-hybridized carbons (Fsp3) is 0.100. The lowest BCUT2D eigenvalue weighted by molar-refractivity contribution is 0.237. The second-order valence-corrected chi connectivity index (χ2v) is 7.28. The van der Waals surface area contributed by atoms with E-state index in [-0.39, 0.29) is 6.10 Å². The van der Waals surface area contributed by atoms with Crippen LogP contribution in [-0.2, 0) is 4.43 Å². The Hall–Kier alpha value is -2.16. The van der Waals surface area contributed by atoms with Gasteiger partial charge in [-0.1, -0.05) is 91.0 Å². The first-order chi connectivity index (χ1) is 10.8. The highest BCUT2D eigenvalue weighted by Crippen LogP contribution is 2.17. The van der Waals surface area contributed by atoms with Crippen molar-refractivity contribution in [2.24, 2.45) is 0 Å². The van der Waals surface area contributed by atoms with Crippen molar-refractivity contribution in [3.8, 4) is 0 Å². The lowest BCUT2D eigenvalue weighted by Crippen LogP contribution is -2.45. The van der Waals surface area contributed by atoms with E-state index in [4.69, 9.17) is 4.43 Å². The van der Waals surface area contributed by atoms with Gasteiger partial charge in [-0.05, 0) is 22.9 Å². The summed E-state index contributed by atoms with van der Waals surface area (Å²) in [6, 6.07) is 31.5. The van der Waals surface area contributed by atoms with Crippen molar-refractivity contribution in [2.75, 3.05) is 0 Å². The van der Waals surface area contributed by atoms with Crippen molar-refractivity contribution in [3.63, 3.8) is 0 Å². The normalized spacial score (nSPS) is 12.3. The van der Waals surface area contributed by atoms with Gasteiger partial charge in [-0.2, -0.15) is 0 Å². The second-order valence-electron chi connectivity index (χ2n) is 5.23. The smallest absolute Gasteiger partial charge is 0.283 e. The molecular formula is C20H19OSi. The molecule has 0 spiro atoms. The van der Waals surface area contributed by atoms with Crippen molar-refractivity contribution >= 4 is 19.4 Å². The van der Waals surface area contributed by atoms with Gasteiger partial charge in [0.1, 0.15) is 0 Å². The molecule has 1 unspecified atom stereocenters. The molecule has 0 aromatic heterocycles. The van der Waals surface area contributed by atoms with E-state index in [9.17, 15) is 0 Å². The Morgan fingerprint density at radius 2 is 1.05 bits per heavy atom. The molecule has 0 aliphatic heterocycles. The zero-order valence-corrected chi connectivity index (χ0v) is 13.6. The Morgan fingerprint density at radius 1 is 0.636 bits per heavy atom. The zero-order valence-electron chi connectivity index (χ0n) is 12.6. The average Bonchev–Trinajstić information content (AvgIpc) is 2.62. The highest BCUT2D eigenvalue weighted by Gasteiger charge is 2.22. The molecule has 3 rings (SSSR count). The van der Waals surface area contributed by atoms with E-state index in [2.05, 4.69) is 91.9 Å². The van der Waals surface area contributed by atoms with Crippen molar-refractivity contribution in [2.45, 2.75) is 13.0 Å². The maximum atomic E-state index is 6.51. The zero-order chi connectivity index (χ0) is 15.2. The Morgan fingerprint density at radius 3 is 1.50 bits per heavy atom. The van der Waals surface area contributed by atoms with Gasteiger partial charge in [-0.3, -0.25) is 0 Å². The van der Waals surface area contributed by atoms with Gasteiger partial charge >= 0.3 is 0 Å². The fourth-order valence-electron chi connectivity index (χ4n) is 2.45. The Balaban J connectivity index is 1.90. The van der Waals surface area contributed by atoms with E-state index >= 15 is 0 Å². The lowest BCUT2D eigenvalue weighted by Gasteiger charge is -2.21. The first-order valence-corrected chi connectivity index (χ1v) is 8.95. The van der Waals surface area contributed by atoms with Crippen LogP contribution in [0, 0.1) is 0 Å². The van der Waals surface area contributed by atoms with Crippen LogP contribution in [0.5, 0.6) is 0 Å². The molecule has 2 heteroatoms. The summed E-state index contributed by atoms with van der Waals surface area (Å²) in [7, 11) is -1.25. The van der Waals surface area contributed by atoms with Crippen LogP contribution in [0.1, 0.15) is 18.6 Å². The van der Waals surface area contributed by atoms with Gasteiger partial charge in [-0.15, -0.1) is 0 Å². The van der Waals surface area contributed by atoms with E-state index in [0.29, 0.717) is 0 Å². The summed E-state index contributed by atoms with van der Waals surface area (Å²) in [5.74, 6) is 0. The van der Waals surface area contributed by atoms with Gasteiger partial charge in [-0.25, -0.2) is 0 Å². The Labute approximate surface area is 133 Å². The van der Waals surface area contributed by atoms with Gasteiger partial charge in [0.2, 0.25) is 0 Å². The van der Waals surface area contributed by atoms with Crippen molar-refractivity contribution < 1.29 is 4.43 Å². The maximum Gasteiger partial charge on any atom is 0.283 e. The summed E-state index contributed by atoms with van der Waals surface area (Å²) in [5.41, 5.74) is 1.22. The molecule has 0 saturated carbocycles. The number of hydrogen-bond acceptors (Lipinski definition) is 1. The first kappa shape index (κ1) is 14.8. The third kappa shape index (κ3) is 3.53. The van der Waals surface area contributed by atoms with Crippen LogP contribution in [-0.4, -0.2) is 9.04 Å². The molecule has 0 amide bonds. The largest absolute Gasteiger partial charge is 0.400 e. The fourth-order valence-corrected chi connectivity index (χ4v) is 4.54. The number of benzene rings is 3.